The highest BCUT2D eigenvalue weighted by atomic mass is 35.5. The van der Waals surface area contributed by atoms with E-state index in [-0.39, 0.29) is 5.78 Å². The Morgan fingerprint density at radius 3 is 2.67 bits per heavy atom. The Balaban J connectivity index is 2.08. The van der Waals surface area contributed by atoms with Crippen LogP contribution in [0.2, 0.25) is 5.02 Å². The molecular formula is C15H10ClNO3S. The molecule has 0 fully saturated rings. The van der Waals surface area contributed by atoms with Crippen LogP contribution < -0.4 is 9.47 Å². The van der Waals surface area contributed by atoms with Crippen molar-refractivity contribution in [2.45, 2.75) is 6.92 Å². The van der Waals surface area contributed by atoms with Gasteiger partial charge in [0.1, 0.15) is 10.4 Å². The number of carbonyl (C=O) groups is 1. The highest BCUT2D eigenvalue weighted by Crippen LogP contribution is 2.34. The first-order valence-corrected chi connectivity index (χ1v) is 7.33. The summed E-state index contributed by atoms with van der Waals surface area (Å²) in [6.07, 6.45) is 2.77. The maximum Gasteiger partial charge on any atom is 0.223 e. The van der Waals surface area contributed by atoms with Gasteiger partial charge in [0, 0.05) is 10.4 Å². The van der Waals surface area contributed by atoms with E-state index in [0.29, 0.717) is 30.8 Å². The average molecular weight is 320 g/mol. The van der Waals surface area contributed by atoms with Crippen LogP contribution in [0.3, 0.4) is 0 Å². The molecule has 0 saturated carbocycles. The molecule has 2 aromatic heterocycles. The van der Waals surface area contributed by atoms with Crippen LogP contribution in [-0.2, 0) is 0 Å². The number of fused-ring (bicyclic) bond motifs is 1. The zero-order valence-electron chi connectivity index (χ0n) is 11.0. The molecule has 0 aliphatic rings. The van der Waals surface area contributed by atoms with E-state index in [1.54, 1.807) is 30.3 Å². The van der Waals surface area contributed by atoms with Gasteiger partial charge in [-0.15, -0.1) is 11.3 Å². The summed E-state index contributed by atoms with van der Waals surface area (Å²) in [4.78, 5) is 12.1. The number of ketones is 1. The van der Waals surface area contributed by atoms with Crippen molar-refractivity contribution in [3.8, 4) is 11.5 Å². The Kier molecular flexibility index (Phi) is 3.53. The lowest BCUT2D eigenvalue weighted by atomic mass is 10.2. The maximum atomic E-state index is 11.7. The number of rotatable bonds is 3. The quantitative estimate of drug-likeness (QED) is 0.413. The molecule has 0 atom stereocenters. The number of hydrogen-bond donors (Lipinski definition) is 0. The van der Waals surface area contributed by atoms with Crippen molar-refractivity contribution >= 4 is 38.8 Å². The van der Waals surface area contributed by atoms with E-state index >= 15 is 0 Å². The summed E-state index contributed by atoms with van der Waals surface area (Å²) in [5.74, 6) is 0.946. The van der Waals surface area contributed by atoms with Gasteiger partial charge < -0.3 is 9.94 Å². The largest absolute Gasteiger partial charge is 0.619 e. The van der Waals surface area contributed by atoms with E-state index in [0.717, 1.165) is 5.39 Å². The van der Waals surface area contributed by atoms with Crippen molar-refractivity contribution in [3.63, 3.8) is 0 Å². The summed E-state index contributed by atoms with van der Waals surface area (Å²) in [7, 11) is 0. The lowest BCUT2D eigenvalue weighted by Gasteiger charge is -2.06. The Hall–Kier alpha value is -2.11. The van der Waals surface area contributed by atoms with Crippen molar-refractivity contribution in [2.75, 3.05) is 0 Å². The van der Waals surface area contributed by atoms with Gasteiger partial charge >= 0.3 is 0 Å². The Morgan fingerprint density at radius 2 is 2.00 bits per heavy atom. The van der Waals surface area contributed by atoms with E-state index < -0.39 is 0 Å². The number of nitrogens with zero attached hydrogens (tertiary/aromatic N) is 1. The number of Topliss-reactive ketones (excluding diaryl/α,β-unsaturated/α-hetero) is 1. The first kappa shape index (κ1) is 13.9. The molecule has 3 aromatic rings. The topological polar surface area (TPSA) is 53.2 Å². The fraction of sp³-hybridized carbons (Fsp3) is 0.0667. The summed E-state index contributed by atoms with van der Waals surface area (Å²) in [6.45, 7) is 1.50. The fourth-order valence-corrected chi connectivity index (χ4v) is 3.03. The molecule has 4 nitrogen and oxygen atoms in total. The minimum atomic E-state index is -0.0360. The first-order valence-electron chi connectivity index (χ1n) is 6.13. The Morgan fingerprint density at radius 1 is 1.29 bits per heavy atom. The van der Waals surface area contributed by atoms with E-state index in [9.17, 15) is 10.0 Å². The van der Waals surface area contributed by atoms with Crippen molar-refractivity contribution in [2.24, 2.45) is 0 Å². The second kappa shape index (κ2) is 5.35. The predicted molar refractivity (Wildman–Crippen MR) is 82.3 cm³/mol. The van der Waals surface area contributed by atoms with Crippen LogP contribution in [0.5, 0.6) is 11.5 Å². The molecule has 0 radical (unpaired) electrons. The molecule has 6 heteroatoms. The van der Waals surface area contributed by atoms with Crippen LogP contribution in [0.15, 0.2) is 42.7 Å². The van der Waals surface area contributed by atoms with Gasteiger partial charge in [0.25, 0.3) is 0 Å². The van der Waals surface area contributed by atoms with Gasteiger partial charge in [-0.1, -0.05) is 11.6 Å². The molecule has 1 aromatic carbocycles. The first-order chi connectivity index (χ1) is 10.0. The second-order valence-electron chi connectivity index (χ2n) is 4.48. The van der Waals surface area contributed by atoms with Crippen LogP contribution in [0.25, 0.3) is 10.1 Å². The SMILES string of the molecule is CC(=O)c1cc2c(Oc3ccc(Cl)cc3)c[n+]([O-])cc2s1. The standard InChI is InChI=1S/C15H10ClNO3S/c1-9(18)14-6-12-13(7-17(19)8-15(12)21-14)20-11-4-2-10(16)3-5-11/h2-8H,1H3. The van der Waals surface area contributed by atoms with Gasteiger partial charge in [0.2, 0.25) is 11.9 Å². The molecule has 0 spiro atoms. The summed E-state index contributed by atoms with van der Waals surface area (Å²) in [5.41, 5.74) is 0. The third kappa shape index (κ3) is 2.84. The van der Waals surface area contributed by atoms with Crippen molar-refractivity contribution in [1.29, 1.82) is 0 Å². The van der Waals surface area contributed by atoms with E-state index in [1.807, 2.05) is 0 Å². The zero-order chi connectivity index (χ0) is 15.0. The lowest BCUT2D eigenvalue weighted by Crippen LogP contribution is -2.24. The monoisotopic (exact) mass is 319 g/mol. The second-order valence-corrected chi connectivity index (χ2v) is 6.00. The Labute approximate surface area is 129 Å². The molecule has 0 aliphatic heterocycles. The number of benzene rings is 1. The minimum absolute atomic E-state index is 0.0360. The van der Waals surface area contributed by atoms with Gasteiger partial charge in [0.05, 0.1) is 4.88 Å². The summed E-state index contributed by atoms with van der Waals surface area (Å²) >= 11 is 7.10. The van der Waals surface area contributed by atoms with Crippen LogP contribution in [0.4, 0.5) is 0 Å². The molecule has 3 rings (SSSR count). The van der Waals surface area contributed by atoms with Gasteiger partial charge in [-0.3, -0.25) is 4.79 Å². The normalized spacial score (nSPS) is 10.8. The number of pyridine rings is 1. The molecular weight excluding hydrogens is 310 g/mol. The number of halogens is 1. The smallest absolute Gasteiger partial charge is 0.223 e. The van der Waals surface area contributed by atoms with Crippen LogP contribution in [-0.4, -0.2) is 5.78 Å². The summed E-state index contributed by atoms with van der Waals surface area (Å²) < 4.78 is 7.12. The molecule has 0 N–H and O–H groups in total. The fourth-order valence-electron chi connectivity index (χ4n) is 1.92. The third-order valence-corrected chi connectivity index (χ3v) is 4.33. The number of hydrogen-bond acceptors (Lipinski definition) is 4. The Bertz CT molecular complexity index is 827. The third-order valence-electron chi connectivity index (χ3n) is 2.90. The highest BCUT2D eigenvalue weighted by molar-refractivity contribution is 7.20. The summed E-state index contributed by atoms with van der Waals surface area (Å²) in [6, 6.07) is 8.59. The maximum absolute atomic E-state index is 11.7. The number of carbonyl (C=O) groups excluding carboxylic acids is 1. The van der Waals surface area contributed by atoms with E-state index in [1.165, 1.54) is 30.7 Å². The van der Waals surface area contributed by atoms with Gasteiger partial charge in [-0.25, -0.2) is 0 Å². The minimum Gasteiger partial charge on any atom is -0.619 e. The van der Waals surface area contributed by atoms with E-state index in [2.05, 4.69) is 0 Å². The number of thiophene rings is 1. The van der Waals surface area contributed by atoms with Crippen molar-refractivity contribution < 1.29 is 14.3 Å². The van der Waals surface area contributed by atoms with Crippen LogP contribution >= 0.6 is 22.9 Å². The highest BCUT2D eigenvalue weighted by Gasteiger charge is 2.15. The molecule has 2 heterocycles. The van der Waals surface area contributed by atoms with E-state index in [4.69, 9.17) is 16.3 Å². The zero-order valence-corrected chi connectivity index (χ0v) is 12.6. The van der Waals surface area contributed by atoms with Crippen molar-refractivity contribution in [3.05, 3.63) is 57.8 Å². The van der Waals surface area contributed by atoms with Crippen molar-refractivity contribution in [1.82, 2.24) is 0 Å². The molecule has 0 saturated heterocycles. The molecule has 0 bridgehead atoms. The van der Waals surface area contributed by atoms with Gasteiger partial charge in [0.15, 0.2) is 12.0 Å². The molecule has 21 heavy (non-hydrogen) atoms. The predicted octanol–water partition coefficient (Wildman–Crippen LogP) is 4.18. The summed E-state index contributed by atoms with van der Waals surface area (Å²) in [5, 5.41) is 13.0. The van der Waals surface area contributed by atoms with Gasteiger partial charge in [-0.05, 0) is 37.3 Å². The molecule has 0 aliphatic carbocycles. The van der Waals surface area contributed by atoms with Crippen LogP contribution in [0, 0.1) is 5.21 Å². The number of ether oxygens (including phenoxy) is 1. The molecule has 0 unspecified atom stereocenters. The van der Waals surface area contributed by atoms with Gasteiger partial charge in [-0.2, -0.15) is 4.73 Å². The lowest BCUT2D eigenvalue weighted by molar-refractivity contribution is -0.604. The average Bonchev–Trinajstić information content (AvgIpc) is 2.85. The molecule has 106 valence electrons. The molecule has 0 amide bonds. The van der Waals surface area contributed by atoms with Crippen LogP contribution in [0.1, 0.15) is 16.6 Å². The number of aromatic nitrogens is 1.